The SMILES string of the molecule is [C-]#[N+]C(N)c1ccc(C#N)cc1. The molecule has 0 amide bonds. The van der Waals surface area contributed by atoms with Crippen LogP contribution < -0.4 is 5.73 Å². The van der Waals surface area contributed by atoms with Crippen molar-refractivity contribution in [3.63, 3.8) is 0 Å². The molecule has 12 heavy (non-hydrogen) atoms. The maximum absolute atomic E-state index is 8.48. The van der Waals surface area contributed by atoms with E-state index < -0.39 is 6.17 Å². The summed E-state index contributed by atoms with van der Waals surface area (Å²) in [5, 5.41) is 8.48. The van der Waals surface area contributed by atoms with Crippen molar-refractivity contribution in [3.05, 3.63) is 46.8 Å². The molecule has 0 aliphatic heterocycles. The molecule has 1 aromatic carbocycles. The first-order valence-electron chi connectivity index (χ1n) is 3.40. The Morgan fingerprint density at radius 3 is 2.42 bits per heavy atom. The van der Waals surface area contributed by atoms with Gasteiger partial charge in [-0.2, -0.15) is 5.26 Å². The molecule has 1 atom stereocenters. The normalized spacial score (nSPS) is 11.2. The monoisotopic (exact) mass is 157 g/mol. The van der Waals surface area contributed by atoms with Gasteiger partial charge in [0, 0.05) is 5.56 Å². The number of hydrogen-bond acceptors (Lipinski definition) is 2. The molecule has 3 heteroatoms. The van der Waals surface area contributed by atoms with Gasteiger partial charge in [0.2, 0.25) is 0 Å². The summed E-state index contributed by atoms with van der Waals surface area (Å²) in [6.07, 6.45) is -0.613. The van der Waals surface area contributed by atoms with Crippen molar-refractivity contribution >= 4 is 0 Å². The highest BCUT2D eigenvalue weighted by Gasteiger charge is 2.06. The van der Waals surface area contributed by atoms with Crippen LogP contribution in [0.4, 0.5) is 0 Å². The van der Waals surface area contributed by atoms with E-state index in [1.54, 1.807) is 24.3 Å². The van der Waals surface area contributed by atoms with Gasteiger partial charge in [0.05, 0.1) is 11.6 Å². The lowest BCUT2D eigenvalue weighted by Crippen LogP contribution is -2.04. The van der Waals surface area contributed by atoms with Gasteiger partial charge in [-0.15, -0.1) is 0 Å². The van der Waals surface area contributed by atoms with Crippen LogP contribution in [0.25, 0.3) is 4.85 Å². The maximum atomic E-state index is 8.48. The summed E-state index contributed by atoms with van der Waals surface area (Å²) in [5.74, 6) is 0. The highest BCUT2D eigenvalue weighted by Crippen LogP contribution is 2.11. The van der Waals surface area contributed by atoms with Gasteiger partial charge in [0.1, 0.15) is 0 Å². The number of rotatable bonds is 1. The Kier molecular flexibility index (Phi) is 2.42. The fourth-order valence-electron chi connectivity index (χ4n) is 0.829. The standard InChI is InChI=1S/C9H7N3/c1-12-9(11)8-4-2-7(6-10)3-5-8/h2-5,9H,11H2. The first-order chi connectivity index (χ1) is 5.77. The third kappa shape index (κ3) is 1.60. The molecule has 0 aliphatic carbocycles. The molecule has 0 fully saturated rings. The van der Waals surface area contributed by atoms with Gasteiger partial charge < -0.3 is 0 Å². The molecule has 1 aromatic rings. The average molecular weight is 157 g/mol. The molecule has 0 radical (unpaired) electrons. The van der Waals surface area contributed by atoms with Crippen LogP contribution in [0.5, 0.6) is 0 Å². The largest absolute Gasteiger partial charge is 0.300 e. The molecule has 0 bridgehead atoms. The molecule has 0 aromatic heterocycles. The van der Waals surface area contributed by atoms with E-state index in [-0.39, 0.29) is 0 Å². The lowest BCUT2D eigenvalue weighted by Gasteiger charge is -1.97. The van der Waals surface area contributed by atoms with Crippen molar-refractivity contribution in [3.8, 4) is 6.07 Å². The van der Waals surface area contributed by atoms with Gasteiger partial charge in [-0.3, -0.25) is 10.6 Å². The van der Waals surface area contributed by atoms with E-state index in [2.05, 4.69) is 4.85 Å². The topological polar surface area (TPSA) is 54.2 Å². The Hall–Kier alpha value is -1.84. The molecule has 0 saturated carbocycles. The quantitative estimate of drug-likeness (QED) is 0.627. The fraction of sp³-hybridized carbons (Fsp3) is 0.111. The predicted octanol–water partition coefficient (Wildman–Crippen LogP) is 1.43. The number of nitriles is 1. The summed E-state index contributed by atoms with van der Waals surface area (Å²) in [6.45, 7) is 6.68. The smallest absolute Gasteiger partial charge is 0.291 e. The van der Waals surface area contributed by atoms with E-state index in [9.17, 15) is 0 Å². The van der Waals surface area contributed by atoms with Gasteiger partial charge in [-0.25, -0.2) is 6.57 Å². The predicted molar refractivity (Wildman–Crippen MR) is 44.7 cm³/mol. The molecule has 0 saturated heterocycles. The lowest BCUT2D eigenvalue weighted by atomic mass is 10.1. The van der Waals surface area contributed by atoms with Gasteiger partial charge in [-0.05, 0) is 24.3 Å². The minimum Gasteiger partial charge on any atom is -0.291 e. The van der Waals surface area contributed by atoms with E-state index in [0.29, 0.717) is 5.56 Å². The Bertz CT molecular complexity index is 340. The second kappa shape index (κ2) is 3.52. The Morgan fingerprint density at radius 1 is 1.42 bits per heavy atom. The van der Waals surface area contributed by atoms with E-state index in [0.717, 1.165) is 5.56 Å². The summed E-state index contributed by atoms with van der Waals surface area (Å²) in [7, 11) is 0. The van der Waals surface area contributed by atoms with Crippen LogP contribution in [-0.2, 0) is 0 Å². The molecule has 58 valence electrons. The van der Waals surface area contributed by atoms with Gasteiger partial charge in [-0.1, -0.05) is 0 Å². The number of hydrogen-bond donors (Lipinski definition) is 1. The van der Waals surface area contributed by atoms with Crippen LogP contribution in [0.3, 0.4) is 0 Å². The van der Waals surface area contributed by atoms with Crippen LogP contribution in [0.1, 0.15) is 17.3 Å². The van der Waals surface area contributed by atoms with E-state index >= 15 is 0 Å². The Morgan fingerprint density at radius 2 is 2.00 bits per heavy atom. The summed E-state index contributed by atoms with van der Waals surface area (Å²) in [4.78, 5) is 3.16. The summed E-state index contributed by atoms with van der Waals surface area (Å²) in [5.41, 5.74) is 6.77. The maximum Gasteiger partial charge on any atom is 0.300 e. The number of nitrogens with two attached hydrogens (primary N) is 1. The molecule has 3 nitrogen and oxygen atoms in total. The molecular formula is C9H7N3. The van der Waals surface area contributed by atoms with Crippen molar-refractivity contribution in [1.82, 2.24) is 0 Å². The van der Waals surface area contributed by atoms with Crippen LogP contribution in [0.15, 0.2) is 24.3 Å². The van der Waals surface area contributed by atoms with Crippen LogP contribution in [0.2, 0.25) is 0 Å². The Labute approximate surface area is 70.9 Å². The average Bonchev–Trinajstić information content (AvgIpc) is 2.17. The first-order valence-corrected chi connectivity index (χ1v) is 3.40. The summed E-state index contributed by atoms with van der Waals surface area (Å²) >= 11 is 0. The summed E-state index contributed by atoms with van der Waals surface area (Å²) in [6, 6.07) is 8.69. The second-order valence-electron chi connectivity index (χ2n) is 2.31. The molecule has 1 unspecified atom stereocenters. The van der Waals surface area contributed by atoms with E-state index in [1.165, 1.54) is 0 Å². The molecule has 0 aliphatic rings. The molecule has 1 rings (SSSR count). The molecule has 0 spiro atoms. The highest BCUT2D eigenvalue weighted by molar-refractivity contribution is 5.33. The lowest BCUT2D eigenvalue weighted by molar-refractivity contribution is 0.905. The van der Waals surface area contributed by atoms with Gasteiger partial charge >= 0.3 is 6.17 Å². The molecule has 0 heterocycles. The molecule has 2 N–H and O–H groups in total. The van der Waals surface area contributed by atoms with Crippen LogP contribution in [-0.4, -0.2) is 0 Å². The summed E-state index contributed by atoms with van der Waals surface area (Å²) < 4.78 is 0. The Balaban J connectivity index is 2.96. The van der Waals surface area contributed by atoms with Gasteiger partial charge in [0.15, 0.2) is 0 Å². The minimum absolute atomic E-state index is 0.580. The highest BCUT2D eigenvalue weighted by atomic mass is 14.9. The number of nitrogens with zero attached hydrogens (tertiary/aromatic N) is 2. The second-order valence-corrected chi connectivity index (χ2v) is 2.31. The van der Waals surface area contributed by atoms with Crippen molar-refractivity contribution in [2.75, 3.05) is 0 Å². The van der Waals surface area contributed by atoms with Crippen LogP contribution >= 0.6 is 0 Å². The third-order valence-corrected chi connectivity index (χ3v) is 1.52. The van der Waals surface area contributed by atoms with E-state index in [4.69, 9.17) is 17.6 Å². The van der Waals surface area contributed by atoms with E-state index in [1.807, 2.05) is 6.07 Å². The zero-order valence-corrected chi connectivity index (χ0v) is 6.36. The van der Waals surface area contributed by atoms with Crippen molar-refractivity contribution in [1.29, 1.82) is 5.26 Å². The zero-order chi connectivity index (χ0) is 8.97. The fourth-order valence-corrected chi connectivity index (χ4v) is 0.829. The first kappa shape index (κ1) is 8.26. The van der Waals surface area contributed by atoms with Crippen LogP contribution in [0, 0.1) is 17.9 Å². The molecular weight excluding hydrogens is 150 g/mol. The van der Waals surface area contributed by atoms with Crippen molar-refractivity contribution in [2.45, 2.75) is 6.17 Å². The van der Waals surface area contributed by atoms with Crippen molar-refractivity contribution < 1.29 is 0 Å². The van der Waals surface area contributed by atoms with Crippen molar-refractivity contribution in [2.24, 2.45) is 5.73 Å². The number of benzene rings is 1. The third-order valence-electron chi connectivity index (χ3n) is 1.52. The van der Waals surface area contributed by atoms with Gasteiger partial charge in [0.25, 0.3) is 0 Å². The minimum atomic E-state index is -0.613. The zero-order valence-electron chi connectivity index (χ0n) is 6.36.